The van der Waals surface area contributed by atoms with E-state index >= 15 is 0 Å². The van der Waals surface area contributed by atoms with Crippen LogP contribution in [0.3, 0.4) is 0 Å². The van der Waals surface area contributed by atoms with Crippen LogP contribution in [0.4, 0.5) is 0 Å². The normalized spacial score (nSPS) is 13.0. The first-order chi connectivity index (χ1) is 12.8. The van der Waals surface area contributed by atoms with Crippen LogP contribution in [-0.4, -0.2) is 40.8 Å². The van der Waals surface area contributed by atoms with Crippen LogP contribution in [0.1, 0.15) is 61.1 Å². The van der Waals surface area contributed by atoms with Crippen LogP contribution in [0.15, 0.2) is 17.1 Å². The number of esters is 1. The number of phenolic OH excluding ortho intramolecular Hbond substituents is 1. The van der Waals surface area contributed by atoms with Crippen molar-refractivity contribution in [2.45, 2.75) is 46.5 Å². The summed E-state index contributed by atoms with van der Waals surface area (Å²) in [4.78, 5) is 29.8. The van der Waals surface area contributed by atoms with Gasteiger partial charge in [0, 0.05) is 48.4 Å². The van der Waals surface area contributed by atoms with Crippen molar-refractivity contribution in [2.24, 2.45) is 12.0 Å². The number of phenols is 1. The number of aliphatic imine (C=N–C) groups is 1. The summed E-state index contributed by atoms with van der Waals surface area (Å²) < 4.78 is 7.13. The van der Waals surface area contributed by atoms with Crippen molar-refractivity contribution in [3.8, 4) is 5.75 Å². The maximum absolute atomic E-state index is 12.9. The zero-order valence-corrected chi connectivity index (χ0v) is 16.9. The SMILES string of the molecule is CCCC(=O)C(C(C)=NC)c1c(O)ccc2c1c(C(=O)OCC)c(C)n2C. The summed E-state index contributed by atoms with van der Waals surface area (Å²) in [7, 11) is 3.48. The van der Waals surface area contributed by atoms with E-state index in [9.17, 15) is 14.7 Å². The number of carbonyl (C=O) groups excluding carboxylic acids is 2. The van der Waals surface area contributed by atoms with E-state index in [0.717, 1.165) is 11.2 Å². The average Bonchev–Trinajstić information content (AvgIpc) is 2.88. The van der Waals surface area contributed by atoms with Gasteiger partial charge in [0.1, 0.15) is 11.5 Å². The van der Waals surface area contributed by atoms with Gasteiger partial charge in [-0.05, 0) is 39.3 Å². The Labute approximate surface area is 159 Å². The molecule has 1 atom stereocenters. The van der Waals surface area contributed by atoms with Crippen LogP contribution >= 0.6 is 0 Å². The number of rotatable bonds is 7. The van der Waals surface area contributed by atoms with Gasteiger partial charge < -0.3 is 14.4 Å². The highest BCUT2D eigenvalue weighted by molar-refractivity contribution is 6.15. The van der Waals surface area contributed by atoms with Gasteiger partial charge in [0.15, 0.2) is 0 Å². The number of nitrogens with zero attached hydrogens (tertiary/aromatic N) is 2. The molecule has 6 heteroatoms. The summed E-state index contributed by atoms with van der Waals surface area (Å²) in [5, 5.41) is 11.3. The molecule has 1 unspecified atom stereocenters. The second-order valence-electron chi connectivity index (χ2n) is 6.65. The van der Waals surface area contributed by atoms with Gasteiger partial charge in [-0.1, -0.05) is 6.92 Å². The van der Waals surface area contributed by atoms with Crippen molar-refractivity contribution in [3.63, 3.8) is 0 Å². The molecular weight excluding hydrogens is 344 g/mol. The molecule has 0 amide bonds. The maximum atomic E-state index is 12.9. The lowest BCUT2D eigenvalue weighted by atomic mass is 9.85. The number of ether oxygens (including phenoxy) is 1. The van der Waals surface area contributed by atoms with Crippen molar-refractivity contribution in [1.29, 1.82) is 0 Å². The fraction of sp³-hybridized carbons (Fsp3) is 0.476. The predicted octanol–water partition coefficient (Wildman–Crippen LogP) is 3.91. The Balaban J connectivity index is 2.93. The first-order valence-electron chi connectivity index (χ1n) is 9.23. The Morgan fingerprint density at radius 2 is 1.96 bits per heavy atom. The van der Waals surface area contributed by atoms with Crippen molar-refractivity contribution in [3.05, 3.63) is 29.0 Å². The minimum absolute atomic E-state index is 0.0175. The third kappa shape index (κ3) is 3.61. The molecule has 0 saturated heterocycles. The summed E-state index contributed by atoms with van der Waals surface area (Å²) in [5.74, 6) is -1.20. The van der Waals surface area contributed by atoms with E-state index in [4.69, 9.17) is 4.74 Å². The molecule has 1 heterocycles. The lowest BCUT2D eigenvalue weighted by Gasteiger charge is -2.19. The van der Waals surface area contributed by atoms with Crippen LogP contribution in [0.25, 0.3) is 10.9 Å². The lowest BCUT2D eigenvalue weighted by molar-refractivity contribution is -0.119. The minimum Gasteiger partial charge on any atom is -0.508 e. The second kappa shape index (κ2) is 8.37. The van der Waals surface area contributed by atoms with Crippen molar-refractivity contribution in [1.82, 2.24) is 4.57 Å². The highest BCUT2D eigenvalue weighted by Gasteiger charge is 2.32. The Bertz CT molecular complexity index is 909. The molecular formula is C21H28N2O4. The molecule has 2 rings (SSSR count). The predicted molar refractivity (Wildman–Crippen MR) is 107 cm³/mol. The fourth-order valence-corrected chi connectivity index (χ4v) is 3.54. The summed E-state index contributed by atoms with van der Waals surface area (Å²) in [6.07, 6.45) is 1.07. The molecule has 0 bridgehead atoms. The minimum atomic E-state index is -0.700. The van der Waals surface area contributed by atoms with E-state index in [1.807, 2.05) is 25.5 Å². The highest BCUT2D eigenvalue weighted by atomic mass is 16.5. The monoisotopic (exact) mass is 372 g/mol. The maximum Gasteiger partial charge on any atom is 0.340 e. The Hall–Kier alpha value is -2.63. The molecule has 1 N–H and O–H groups in total. The quantitative estimate of drug-likeness (QED) is 0.590. The van der Waals surface area contributed by atoms with Crippen molar-refractivity contribution >= 4 is 28.4 Å². The standard InChI is InChI=1S/C21H28N2O4/c1-7-9-15(24)17(12(3)22-5)20-16(25)11-10-14-19(20)18(13(4)23(14)6)21(26)27-8-2/h10-11,17,25H,7-9H2,1-6H3. The van der Waals surface area contributed by atoms with Crippen molar-refractivity contribution < 1.29 is 19.4 Å². The van der Waals surface area contributed by atoms with Gasteiger partial charge in [0.05, 0.1) is 18.1 Å². The number of aryl methyl sites for hydroxylation is 1. The summed E-state index contributed by atoms with van der Waals surface area (Å²) >= 11 is 0. The van der Waals surface area contributed by atoms with Crippen LogP contribution in [0.2, 0.25) is 0 Å². The van der Waals surface area contributed by atoms with E-state index in [1.165, 1.54) is 0 Å². The van der Waals surface area contributed by atoms with Crippen LogP contribution in [-0.2, 0) is 16.6 Å². The molecule has 27 heavy (non-hydrogen) atoms. The highest BCUT2D eigenvalue weighted by Crippen LogP contribution is 2.39. The Kier molecular flexibility index (Phi) is 6.41. The molecule has 2 aromatic rings. The number of Topliss-reactive ketones (excluding diaryl/α,β-unsaturated/α-hetero) is 1. The first kappa shape index (κ1) is 20.7. The van der Waals surface area contributed by atoms with Gasteiger partial charge in [-0.3, -0.25) is 9.79 Å². The zero-order valence-electron chi connectivity index (χ0n) is 16.9. The first-order valence-corrected chi connectivity index (χ1v) is 9.23. The topological polar surface area (TPSA) is 80.9 Å². The zero-order chi connectivity index (χ0) is 20.3. The molecule has 0 fully saturated rings. The van der Waals surface area contributed by atoms with Gasteiger partial charge in [-0.25, -0.2) is 4.79 Å². The van der Waals surface area contributed by atoms with E-state index in [1.54, 1.807) is 33.0 Å². The van der Waals surface area contributed by atoms with Crippen molar-refractivity contribution in [2.75, 3.05) is 13.7 Å². The number of ketones is 1. The summed E-state index contributed by atoms with van der Waals surface area (Å²) in [6.45, 7) is 7.53. The van der Waals surface area contributed by atoms with E-state index < -0.39 is 11.9 Å². The molecule has 0 aliphatic rings. The molecule has 0 saturated carbocycles. The smallest absolute Gasteiger partial charge is 0.340 e. The average molecular weight is 372 g/mol. The number of aromatic hydroxyl groups is 1. The number of aromatic nitrogens is 1. The number of hydrogen-bond donors (Lipinski definition) is 1. The molecule has 1 aromatic heterocycles. The van der Waals surface area contributed by atoms with Gasteiger partial charge in [-0.15, -0.1) is 0 Å². The molecule has 146 valence electrons. The van der Waals surface area contributed by atoms with Gasteiger partial charge in [0.2, 0.25) is 0 Å². The molecule has 0 radical (unpaired) electrons. The number of hydrogen-bond acceptors (Lipinski definition) is 5. The third-order valence-electron chi connectivity index (χ3n) is 5.03. The molecule has 0 aliphatic heterocycles. The molecule has 0 aliphatic carbocycles. The number of benzene rings is 1. The van der Waals surface area contributed by atoms with Crippen LogP contribution < -0.4 is 0 Å². The molecule has 6 nitrogen and oxygen atoms in total. The van der Waals surface area contributed by atoms with Crippen LogP contribution in [0, 0.1) is 6.92 Å². The molecule has 1 aromatic carbocycles. The fourth-order valence-electron chi connectivity index (χ4n) is 3.54. The molecule has 0 spiro atoms. The number of carbonyl (C=O) groups is 2. The summed E-state index contributed by atoms with van der Waals surface area (Å²) in [5.41, 5.74) is 2.91. The second-order valence-corrected chi connectivity index (χ2v) is 6.65. The van der Waals surface area contributed by atoms with E-state index in [-0.39, 0.29) is 18.1 Å². The lowest BCUT2D eigenvalue weighted by Crippen LogP contribution is -2.21. The van der Waals surface area contributed by atoms with Crippen LogP contribution in [0.5, 0.6) is 5.75 Å². The largest absolute Gasteiger partial charge is 0.508 e. The summed E-state index contributed by atoms with van der Waals surface area (Å²) in [6, 6.07) is 3.32. The van der Waals surface area contributed by atoms with Gasteiger partial charge in [-0.2, -0.15) is 0 Å². The van der Waals surface area contributed by atoms with E-state index in [2.05, 4.69) is 4.99 Å². The Morgan fingerprint density at radius 1 is 1.30 bits per heavy atom. The number of fused-ring (bicyclic) bond motifs is 1. The van der Waals surface area contributed by atoms with E-state index in [0.29, 0.717) is 35.1 Å². The van der Waals surface area contributed by atoms with Gasteiger partial charge >= 0.3 is 5.97 Å². The third-order valence-corrected chi connectivity index (χ3v) is 5.03. The van der Waals surface area contributed by atoms with Gasteiger partial charge in [0.25, 0.3) is 0 Å². The Morgan fingerprint density at radius 3 is 2.52 bits per heavy atom.